The van der Waals surface area contributed by atoms with E-state index in [-0.39, 0.29) is 13.2 Å². The Hall–Kier alpha value is -2.11. The van der Waals surface area contributed by atoms with Crippen LogP contribution in [-0.2, 0) is 9.84 Å². The fraction of sp³-hybridized carbons (Fsp3) is 0.176. The van der Waals surface area contributed by atoms with Gasteiger partial charge in [0.25, 0.3) is 0 Å². The van der Waals surface area contributed by atoms with E-state index in [9.17, 15) is 8.42 Å². The summed E-state index contributed by atoms with van der Waals surface area (Å²) in [6.07, 6.45) is 5.04. The number of hydrogen-bond donors (Lipinski definition) is 1. The Kier molecular flexibility index (Phi) is 5.35. The van der Waals surface area contributed by atoms with Gasteiger partial charge in [-0.25, -0.2) is 8.42 Å². The highest BCUT2D eigenvalue weighted by Crippen LogP contribution is 2.16. The fourth-order valence-corrected chi connectivity index (χ4v) is 2.49. The highest BCUT2D eigenvalue weighted by atomic mass is 32.2. The predicted molar refractivity (Wildman–Crippen MR) is 87.5 cm³/mol. The average molecular weight is 318 g/mol. The molecule has 0 aliphatic heterocycles. The number of benzene rings is 2. The summed E-state index contributed by atoms with van der Waals surface area (Å²) in [4.78, 5) is 0.315. The first-order valence-corrected chi connectivity index (χ1v) is 8.70. The van der Waals surface area contributed by atoms with Gasteiger partial charge < -0.3 is 9.84 Å². The van der Waals surface area contributed by atoms with Crippen molar-refractivity contribution in [2.45, 2.75) is 4.90 Å². The average Bonchev–Trinajstić information content (AvgIpc) is 2.51. The van der Waals surface area contributed by atoms with Gasteiger partial charge in [-0.05, 0) is 35.4 Å². The molecule has 0 saturated carbocycles. The van der Waals surface area contributed by atoms with Crippen molar-refractivity contribution in [2.24, 2.45) is 0 Å². The second-order valence-electron chi connectivity index (χ2n) is 4.82. The Labute approximate surface area is 130 Å². The minimum absolute atomic E-state index is 0.00880. The van der Waals surface area contributed by atoms with Crippen LogP contribution in [-0.4, -0.2) is 33.0 Å². The third-order valence-corrected chi connectivity index (χ3v) is 4.15. The number of ether oxygens (including phenoxy) is 1. The molecule has 4 nitrogen and oxygen atoms in total. The molecule has 2 aromatic rings. The van der Waals surface area contributed by atoms with E-state index in [4.69, 9.17) is 9.84 Å². The van der Waals surface area contributed by atoms with Crippen molar-refractivity contribution in [3.8, 4) is 5.75 Å². The summed E-state index contributed by atoms with van der Waals surface area (Å²) in [6, 6.07) is 14.2. The molecule has 116 valence electrons. The summed E-state index contributed by atoms with van der Waals surface area (Å²) in [5.41, 5.74) is 1.93. The third kappa shape index (κ3) is 4.72. The van der Waals surface area contributed by atoms with Crippen LogP contribution in [0.25, 0.3) is 12.2 Å². The van der Waals surface area contributed by atoms with Gasteiger partial charge >= 0.3 is 0 Å². The lowest BCUT2D eigenvalue weighted by Gasteiger charge is -2.03. The van der Waals surface area contributed by atoms with E-state index in [1.165, 1.54) is 6.26 Å². The zero-order valence-corrected chi connectivity index (χ0v) is 13.1. The van der Waals surface area contributed by atoms with Crippen LogP contribution >= 0.6 is 0 Å². The van der Waals surface area contributed by atoms with Crippen LogP contribution in [0.5, 0.6) is 5.75 Å². The Morgan fingerprint density at radius 2 is 1.45 bits per heavy atom. The smallest absolute Gasteiger partial charge is 0.175 e. The second kappa shape index (κ2) is 7.24. The van der Waals surface area contributed by atoms with E-state index < -0.39 is 9.84 Å². The lowest BCUT2D eigenvalue weighted by molar-refractivity contribution is 0.201. The quantitative estimate of drug-likeness (QED) is 0.832. The van der Waals surface area contributed by atoms with E-state index in [1.54, 1.807) is 24.3 Å². The first-order valence-electron chi connectivity index (χ1n) is 6.81. The van der Waals surface area contributed by atoms with Gasteiger partial charge in [0.15, 0.2) is 9.84 Å². The molecule has 0 saturated heterocycles. The molecule has 0 atom stereocenters. The Bertz CT molecular complexity index is 729. The molecule has 0 bridgehead atoms. The van der Waals surface area contributed by atoms with Gasteiger partial charge in [-0.2, -0.15) is 0 Å². The monoisotopic (exact) mass is 318 g/mol. The van der Waals surface area contributed by atoms with Crippen LogP contribution in [0, 0.1) is 0 Å². The maximum atomic E-state index is 11.4. The molecule has 0 fully saturated rings. The lowest BCUT2D eigenvalue weighted by Crippen LogP contribution is -2.01. The normalized spacial score (nSPS) is 11.7. The van der Waals surface area contributed by atoms with Crippen LogP contribution in [0.2, 0.25) is 0 Å². The van der Waals surface area contributed by atoms with Crippen LogP contribution in [0.3, 0.4) is 0 Å². The Balaban J connectivity index is 2.05. The zero-order chi connectivity index (χ0) is 16.0. The first-order chi connectivity index (χ1) is 10.5. The van der Waals surface area contributed by atoms with Crippen molar-refractivity contribution in [3.63, 3.8) is 0 Å². The van der Waals surface area contributed by atoms with E-state index in [0.717, 1.165) is 11.1 Å². The van der Waals surface area contributed by atoms with E-state index in [0.29, 0.717) is 10.6 Å². The van der Waals surface area contributed by atoms with Crippen molar-refractivity contribution >= 4 is 22.0 Å². The number of aliphatic hydroxyl groups excluding tert-OH is 1. The molecule has 0 aromatic heterocycles. The molecule has 2 aromatic carbocycles. The zero-order valence-electron chi connectivity index (χ0n) is 12.3. The first kappa shape index (κ1) is 16.3. The summed E-state index contributed by atoms with van der Waals surface area (Å²) in [5, 5.41) is 8.69. The summed E-state index contributed by atoms with van der Waals surface area (Å²) in [6.45, 7) is 0.271. The molecule has 22 heavy (non-hydrogen) atoms. The molecule has 0 unspecified atom stereocenters. The maximum Gasteiger partial charge on any atom is 0.175 e. The van der Waals surface area contributed by atoms with Gasteiger partial charge in [0.2, 0.25) is 0 Å². The largest absolute Gasteiger partial charge is 0.491 e. The van der Waals surface area contributed by atoms with Crippen LogP contribution in [0.15, 0.2) is 53.4 Å². The summed E-state index contributed by atoms with van der Waals surface area (Å²) < 4.78 is 28.1. The highest BCUT2D eigenvalue weighted by molar-refractivity contribution is 7.90. The second-order valence-corrected chi connectivity index (χ2v) is 6.83. The number of hydrogen-bond acceptors (Lipinski definition) is 4. The molecular weight excluding hydrogens is 300 g/mol. The third-order valence-electron chi connectivity index (χ3n) is 3.02. The van der Waals surface area contributed by atoms with Gasteiger partial charge in [0.05, 0.1) is 11.5 Å². The van der Waals surface area contributed by atoms with Crippen LogP contribution < -0.4 is 4.74 Å². The standard InChI is InChI=1S/C17H18O4S/c1-22(19,20)17-10-6-15(7-11-17)3-2-14-4-8-16(9-5-14)21-13-12-18/h2-11,18H,12-13H2,1H3. The van der Waals surface area contributed by atoms with Gasteiger partial charge in [0.1, 0.15) is 12.4 Å². The molecule has 1 N–H and O–H groups in total. The minimum Gasteiger partial charge on any atom is -0.491 e. The van der Waals surface area contributed by atoms with Gasteiger partial charge in [-0.15, -0.1) is 0 Å². The topological polar surface area (TPSA) is 63.6 Å². The number of sulfone groups is 1. The summed E-state index contributed by atoms with van der Waals surface area (Å²) in [7, 11) is -3.15. The highest BCUT2D eigenvalue weighted by Gasteiger charge is 2.04. The number of aliphatic hydroxyl groups is 1. The summed E-state index contributed by atoms with van der Waals surface area (Å²) >= 11 is 0. The maximum absolute atomic E-state index is 11.4. The van der Waals surface area contributed by atoms with Crippen molar-refractivity contribution in [1.82, 2.24) is 0 Å². The molecule has 0 radical (unpaired) electrons. The molecule has 0 heterocycles. The van der Waals surface area contributed by atoms with Gasteiger partial charge in [-0.3, -0.25) is 0 Å². The van der Waals surface area contributed by atoms with Crippen molar-refractivity contribution in [3.05, 3.63) is 59.7 Å². The molecule has 0 aliphatic carbocycles. The number of rotatable bonds is 6. The Morgan fingerprint density at radius 3 is 1.91 bits per heavy atom. The minimum atomic E-state index is -3.15. The molecule has 0 amide bonds. The van der Waals surface area contributed by atoms with Crippen molar-refractivity contribution in [1.29, 1.82) is 0 Å². The molecule has 0 spiro atoms. The summed E-state index contributed by atoms with van der Waals surface area (Å²) in [5.74, 6) is 0.712. The van der Waals surface area contributed by atoms with Crippen molar-refractivity contribution in [2.75, 3.05) is 19.5 Å². The van der Waals surface area contributed by atoms with Gasteiger partial charge in [0, 0.05) is 6.26 Å². The SMILES string of the molecule is CS(=O)(=O)c1ccc(C=Cc2ccc(OCCO)cc2)cc1. The molecule has 2 rings (SSSR count). The van der Waals surface area contributed by atoms with Crippen LogP contribution in [0.4, 0.5) is 0 Å². The fourth-order valence-electron chi connectivity index (χ4n) is 1.86. The predicted octanol–water partition coefficient (Wildman–Crippen LogP) is 2.63. The Morgan fingerprint density at radius 1 is 0.955 bits per heavy atom. The molecular formula is C17H18O4S. The van der Waals surface area contributed by atoms with Gasteiger partial charge in [-0.1, -0.05) is 36.4 Å². The van der Waals surface area contributed by atoms with Crippen LogP contribution in [0.1, 0.15) is 11.1 Å². The van der Waals surface area contributed by atoms with Crippen molar-refractivity contribution < 1.29 is 18.3 Å². The van der Waals surface area contributed by atoms with E-state index >= 15 is 0 Å². The van der Waals surface area contributed by atoms with E-state index in [1.807, 2.05) is 36.4 Å². The molecule has 5 heteroatoms. The lowest BCUT2D eigenvalue weighted by atomic mass is 10.1. The van der Waals surface area contributed by atoms with E-state index in [2.05, 4.69) is 0 Å². The molecule has 0 aliphatic rings.